The summed E-state index contributed by atoms with van der Waals surface area (Å²) < 4.78 is 53.0. The summed E-state index contributed by atoms with van der Waals surface area (Å²) in [7, 11) is -6.65. The molecule has 1 unspecified atom stereocenters. The number of thiol groups is 1. The van der Waals surface area contributed by atoms with E-state index in [-0.39, 0.29) is 35.3 Å². The van der Waals surface area contributed by atoms with E-state index in [0.717, 1.165) is 22.1 Å². The lowest BCUT2D eigenvalue weighted by molar-refractivity contribution is 0.0546. The van der Waals surface area contributed by atoms with Gasteiger partial charge in [-0.2, -0.15) is 4.83 Å². The highest BCUT2D eigenvalue weighted by Gasteiger charge is 2.34. The number of hydrogen-bond acceptors (Lipinski definition) is 12. The van der Waals surface area contributed by atoms with Crippen molar-refractivity contribution >= 4 is 48.2 Å². The number of sulfone groups is 1. The number of hydrazine groups is 1. The molecule has 212 valence electrons. The van der Waals surface area contributed by atoms with Gasteiger partial charge < -0.3 is 14.4 Å². The van der Waals surface area contributed by atoms with Crippen LogP contribution < -0.4 is 10.3 Å². The Hall–Kier alpha value is -3.28. The Labute approximate surface area is 235 Å². The van der Waals surface area contributed by atoms with Crippen molar-refractivity contribution in [2.24, 2.45) is 0 Å². The zero-order valence-corrected chi connectivity index (χ0v) is 23.7. The van der Waals surface area contributed by atoms with Gasteiger partial charge in [-0.25, -0.2) is 27.2 Å². The lowest BCUT2D eigenvalue weighted by Crippen LogP contribution is -2.40. The van der Waals surface area contributed by atoms with Crippen molar-refractivity contribution in [3.63, 3.8) is 0 Å². The topological polar surface area (TPSA) is 185 Å². The number of aliphatic hydroxyl groups excluding tert-OH is 1. The molecule has 40 heavy (non-hydrogen) atoms. The number of thiazole rings is 1. The summed E-state index contributed by atoms with van der Waals surface area (Å²) in [5.74, 6) is -0.272. The van der Waals surface area contributed by atoms with Gasteiger partial charge in [0, 0.05) is 24.9 Å². The number of likely N-dealkylation sites (tertiary alicyclic amines) is 1. The number of nitrogens with zero attached hydrogens (tertiary/aromatic N) is 4. The molecule has 3 N–H and O–H groups in total. The third kappa shape index (κ3) is 6.37. The van der Waals surface area contributed by atoms with Crippen LogP contribution in [0.1, 0.15) is 45.2 Å². The summed E-state index contributed by atoms with van der Waals surface area (Å²) in [5, 5.41) is 16.3. The smallest absolute Gasteiger partial charge is 0.253 e. The first-order valence-corrected chi connectivity index (χ1v) is 16.2. The average Bonchev–Trinajstić information content (AvgIpc) is 3.54. The van der Waals surface area contributed by atoms with Crippen molar-refractivity contribution in [1.82, 2.24) is 30.3 Å². The van der Waals surface area contributed by atoms with Gasteiger partial charge in [0.25, 0.3) is 5.91 Å². The van der Waals surface area contributed by atoms with Crippen LogP contribution in [-0.2, 0) is 27.3 Å². The molecular formula is C24H26N6O7S3. The Balaban J connectivity index is 1.41. The number of amides is 1. The van der Waals surface area contributed by atoms with Gasteiger partial charge in [-0.05, 0) is 48.2 Å². The zero-order valence-electron chi connectivity index (χ0n) is 21.2. The molecular weight excluding hydrogens is 581 g/mol. The van der Waals surface area contributed by atoms with E-state index in [1.54, 1.807) is 17.0 Å². The van der Waals surface area contributed by atoms with Gasteiger partial charge in [0.15, 0.2) is 15.1 Å². The third-order valence-corrected chi connectivity index (χ3v) is 9.22. The predicted molar refractivity (Wildman–Crippen MR) is 147 cm³/mol. The highest BCUT2D eigenvalue weighted by molar-refractivity contribution is 7.91. The van der Waals surface area contributed by atoms with Crippen molar-refractivity contribution in [2.75, 3.05) is 19.3 Å². The van der Waals surface area contributed by atoms with Gasteiger partial charge in [0.05, 0.1) is 22.9 Å². The van der Waals surface area contributed by atoms with E-state index in [2.05, 4.69) is 20.6 Å². The van der Waals surface area contributed by atoms with Crippen molar-refractivity contribution in [3.05, 3.63) is 64.8 Å². The minimum Gasteiger partial charge on any atom is -0.422 e. The maximum atomic E-state index is 13.0. The number of carbonyl (C=O) groups is 1. The minimum absolute atomic E-state index is 0.00782. The number of aromatic nitrogens is 3. The van der Waals surface area contributed by atoms with Crippen LogP contribution in [0.25, 0.3) is 21.3 Å². The quantitative estimate of drug-likeness (QED) is 0.159. The van der Waals surface area contributed by atoms with Gasteiger partial charge in [-0.15, -0.1) is 21.5 Å². The lowest BCUT2D eigenvalue weighted by atomic mass is 10.0. The molecule has 0 bridgehead atoms. The van der Waals surface area contributed by atoms with Gasteiger partial charge in [-0.1, -0.05) is 18.2 Å². The predicted octanol–water partition coefficient (Wildman–Crippen LogP) is 1.20. The van der Waals surface area contributed by atoms with E-state index in [1.807, 2.05) is 35.2 Å². The summed E-state index contributed by atoms with van der Waals surface area (Å²) >= 11 is 1.18. The van der Waals surface area contributed by atoms with Crippen LogP contribution >= 0.6 is 11.3 Å². The Bertz CT molecular complexity index is 1720. The van der Waals surface area contributed by atoms with E-state index in [1.165, 1.54) is 11.3 Å². The normalized spacial score (nSPS) is 15.6. The zero-order chi connectivity index (χ0) is 28.4. The number of nitrogens with one attached hydrogen (secondary N) is 2. The molecule has 13 nitrogen and oxygen atoms in total. The number of fused-ring (bicyclic) bond motifs is 1. The van der Waals surface area contributed by atoms with Crippen LogP contribution in [0.3, 0.4) is 0 Å². The fourth-order valence-electron chi connectivity index (χ4n) is 4.41. The van der Waals surface area contributed by atoms with Crippen molar-refractivity contribution in [2.45, 2.75) is 30.7 Å². The summed E-state index contributed by atoms with van der Waals surface area (Å²) in [5.41, 5.74) is 5.16. The summed E-state index contributed by atoms with van der Waals surface area (Å²) in [6.07, 6.45) is 1.81. The van der Waals surface area contributed by atoms with Gasteiger partial charge >= 0.3 is 0 Å². The highest BCUT2D eigenvalue weighted by atomic mass is 32.2. The Morgan fingerprint density at radius 2 is 1.93 bits per heavy atom. The molecule has 3 heterocycles. The van der Waals surface area contributed by atoms with E-state index in [9.17, 15) is 26.7 Å². The summed E-state index contributed by atoms with van der Waals surface area (Å²) in [6.45, 7) is 0.882. The lowest BCUT2D eigenvalue weighted by Gasteiger charge is -2.29. The number of carbonyl (C=O) groups excluding carboxylic acids is 1. The number of benzene rings is 2. The molecule has 1 saturated heterocycles. The van der Waals surface area contributed by atoms with E-state index < -0.39 is 26.0 Å². The number of piperidine rings is 1. The molecule has 1 fully saturated rings. The van der Waals surface area contributed by atoms with E-state index in [0.29, 0.717) is 37.0 Å². The van der Waals surface area contributed by atoms with Crippen molar-refractivity contribution in [3.8, 4) is 11.1 Å². The van der Waals surface area contributed by atoms with Crippen molar-refractivity contribution < 1.29 is 31.2 Å². The van der Waals surface area contributed by atoms with Crippen LogP contribution in [0.4, 0.5) is 0 Å². The number of hydrogen-bond donors (Lipinski definition) is 4. The molecule has 16 heteroatoms. The molecule has 0 radical (unpaired) electrons. The molecule has 4 aromatic rings. The molecule has 1 amide bonds. The second-order valence-electron chi connectivity index (χ2n) is 9.30. The van der Waals surface area contributed by atoms with Crippen molar-refractivity contribution in [1.29, 1.82) is 0 Å². The Morgan fingerprint density at radius 1 is 1.18 bits per heavy atom. The van der Waals surface area contributed by atoms with Crippen LogP contribution in [-0.4, -0.2) is 73.4 Å². The first-order valence-electron chi connectivity index (χ1n) is 12.2. The number of aliphatic hydroxyl groups is 1. The molecule has 2 aromatic carbocycles. The van der Waals surface area contributed by atoms with Crippen LogP contribution in [0.15, 0.2) is 46.9 Å². The number of rotatable bonds is 9. The molecule has 1 aliphatic heterocycles. The largest absolute Gasteiger partial charge is 0.422 e. The van der Waals surface area contributed by atoms with Crippen LogP contribution in [0.2, 0.25) is 0 Å². The Morgan fingerprint density at radius 3 is 2.65 bits per heavy atom. The van der Waals surface area contributed by atoms with Crippen LogP contribution in [0.5, 0.6) is 0 Å². The molecule has 0 saturated carbocycles. The molecule has 0 spiro atoms. The Kier molecular flexibility index (Phi) is 8.25. The second kappa shape index (κ2) is 11.7. The summed E-state index contributed by atoms with van der Waals surface area (Å²) in [4.78, 5) is 21.3. The van der Waals surface area contributed by atoms with Crippen LogP contribution in [0, 0.1) is 0 Å². The molecule has 2 aromatic heterocycles. The van der Waals surface area contributed by atoms with Gasteiger partial charge in [0.1, 0.15) is 5.01 Å². The van der Waals surface area contributed by atoms with E-state index >= 15 is 0 Å². The molecule has 0 aliphatic carbocycles. The van der Waals surface area contributed by atoms with Gasteiger partial charge in [-0.3, -0.25) is 4.79 Å². The fraction of sp³-hybridized carbons (Fsp3) is 0.333. The molecule has 5 rings (SSSR count). The summed E-state index contributed by atoms with van der Waals surface area (Å²) in [6, 6.07) is 12.8. The second-order valence-corrected chi connectivity index (χ2v) is 13.2. The first-order chi connectivity index (χ1) is 19.1. The average molecular weight is 607 g/mol. The first kappa shape index (κ1) is 28.3. The maximum Gasteiger partial charge on any atom is 0.253 e. The third-order valence-electron chi connectivity index (χ3n) is 6.37. The molecule has 1 aliphatic rings. The fourth-order valence-corrected chi connectivity index (χ4v) is 7.15. The van der Waals surface area contributed by atoms with Gasteiger partial charge in [0.2, 0.25) is 22.7 Å². The van der Waals surface area contributed by atoms with E-state index in [4.69, 9.17) is 4.42 Å². The maximum absolute atomic E-state index is 13.0. The monoisotopic (exact) mass is 606 g/mol. The molecule has 1 atom stereocenters. The SMILES string of the molecule is CS(=O)(=O)C(c1nnc(CNN[SH](=O)=O)o1)c1nc2ccc(-c3cccc(C(=O)N4CCC(O)CC4)c3)cc2s1. The highest BCUT2D eigenvalue weighted by Crippen LogP contribution is 2.36. The minimum atomic E-state index is -3.77. The standard InChI is InChI=1S/C24H26N6O7S3/c1-40(35,36)21(22-28-27-20(37-22)13-25-29-39(33)34)23-26-18-6-5-15(12-19(18)38-23)14-3-2-4-16(11-14)24(32)30-9-7-17(31)8-10-30/h2-6,11-12,17,21,25,31,39H,7-10,13H2,1H3,(H,29,33,34).